The Labute approximate surface area is 155 Å². The Balaban J connectivity index is 2.35. The number of hydrogen-bond donors (Lipinski definition) is 1. The number of nitrogens with zero attached hydrogens (tertiary/aromatic N) is 3. The third-order valence-electron chi connectivity index (χ3n) is 3.93. The molecular formula is C19H27ClN4O. The number of aromatic nitrogens is 2. The van der Waals surface area contributed by atoms with Crippen LogP contribution in [0.15, 0.2) is 24.3 Å². The predicted octanol–water partition coefficient (Wildman–Crippen LogP) is 3.32. The van der Waals surface area contributed by atoms with Gasteiger partial charge >= 0.3 is 0 Å². The van der Waals surface area contributed by atoms with Crippen LogP contribution in [0.1, 0.15) is 35.6 Å². The Kier molecular flexibility index (Phi) is 6.62. The van der Waals surface area contributed by atoms with Crippen molar-refractivity contribution in [2.45, 2.75) is 27.2 Å². The summed E-state index contributed by atoms with van der Waals surface area (Å²) >= 11 is 5.98. The highest BCUT2D eigenvalue weighted by atomic mass is 35.5. The molecule has 0 saturated carbocycles. The van der Waals surface area contributed by atoms with Gasteiger partial charge in [0.15, 0.2) is 0 Å². The van der Waals surface area contributed by atoms with Gasteiger partial charge in [-0.1, -0.05) is 25.4 Å². The van der Waals surface area contributed by atoms with E-state index in [4.69, 9.17) is 16.7 Å². The zero-order valence-corrected chi connectivity index (χ0v) is 16.4. The van der Waals surface area contributed by atoms with Gasteiger partial charge in [0.05, 0.1) is 22.6 Å². The Morgan fingerprint density at radius 2 is 1.92 bits per heavy atom. The maximum atomic E-state index is 12.7. The lowest BCUT2D eigenvalue weighted by atomic mass is 10.0. The van der Waals surface area contributed by atoms with Crippen molar-refractivity contribution in [1.82, 2.24) is 20.0 Å². The Hall–Kier alpha value is -1.85. The minimum absolute atomic E-state index is 0.0600. The van der Waals surface area contributed by atoms with Gasteiger partial charge in [-0.2, -0.15) is 5.10 Å². The van der Waals surface area contributed by atoms with Crippen LogP contribution in [0.25, 0.3) is 5.69 Å². The van der Waals surface area contributed by atoms with E-state index in [0.717, 1.165) is 30.0 Å². The number of rotatable bonds is 7. The molecule has 0 atom stereocenters. The molecule has 0 aliphatic carbocycles. The molecule has 6 heteroatoms. The molecule has 2 rings (SSSR count). The van der Waals surface area contributed by atoms with Gasteiger partial charge < -0.3 is 10.2 Å². The normalized spacial score (nSPS) is 11.4. The second-order valence-electron chi connectivity index (χ2n) is 6.95. The summed E-state index contributed by atoms with van der Waals surface area (Å²) in [7, 11) is 3.97. The number of hydrogen-bond acceptors (Lipinski definition) is 3. The Morgan fingerprint density at radius 1 is 1.28 bits per heavy atom. The zero-order valence-electron chi connectivity index (χ0n) is 15.6. The van der Waals surface area contributed by atoms with Gasteiger partial charge in [-0.15, -0.1) is 0 Å². The van der Waals surface area contributed by atoms with E-state index in [0.29, 0.717) is 23.0 Å². The van der Waals surface area contributed by atoms with Crippen LogP contribution in [-0.4, -0.2) is 47.8 Å². The molecule has 0 saturated heterocycles. The van der Waals surface area contributed by atoms with Crippen LogP contribution in [0.4, 0.5) is 0 Å². The molecule has 1 aromatic carbocycles. The average Bonchev–Trinajstić information content (AvgIpc) is 2.83. The summed E-state index contributed by atoms with van der Waals surface area (Å²) in [5.74, 6) is 0.358. The van der Waals surface area contributed by atoms with E-state index in [-0.39, 0.29) is 5.91 Å². The summed E-state index contributed by atoms with van der Waals surface area (Å²) in [5.41, 5.74) is 3.27. The number of halogens is 1. The first-order chi connectivity index (χ1) is 11.8. The van der Waals surface area contributed by atoms with Crippen molar-refractivity contribution in [2.24, 2.45) is 5.92 Å². The Morgan fingerprint density at radius 3 is 2.48 bits per heavy atom. The van der Waals surface area contributed by atoms with Gasteiger partial charge in [0.2, 0.25) is 0 Å². The van der Waals surface area contributed by atoms with Gasteiger partial charge in [-0.25, -0.2) is 4.68 Å². The van der Waals surface area contributed by atoms with Gasteiger partial charge in [0, 0.05) is 18.1 Å². The highest BCUT2D eigenvalue weighted by Crippen LogP contribution is 2.22. The van der Waals surface area contributed by atoms with Crippen LogP contribution in [0.3, 0.4) is 0 Å². The molecule has 0 fully saturated rings. The molecule has 0 radical (unpaired) electrons. The fraction of sp³-hybridized carbons (Fsp3) is 0.474. The van der Waals surface area contributed by atoms with Crippen LogP contribution in [0.5, 0.6) is 0 Å². The maximum Gasteiger partial charge on any atom is 0.255 e. The fourth-order valence-electron chi connectivity index (χ4n) is 2.70. The van der Waals surface area contributed by atoms with Crippen molar-refractivity contribution in [1.29, 1.82) is 0 Å². The molecule has 1 N–H and O–H groups in total. The summed E-state index contributed by atoms with van der Waals surface area (Å²) in [5, 5.41) is 8.40. The monoisotopic (exact) mass is 362 g/mol. The molecule has 136 valence electrons. The van der Waals surface area contributed by atoms with Gasteiger partial charge in [-0.05, 0) is 57.6 Å². The van der Waals surface area contributed by atoms with E-state index in [1.54, 1.807) is 0 Å². The second kappa shape index (κ2) is 8.50. The van der Waals surface area contributed by atoms with E-state index < -0.39 is 0 Å². The number of likely N-dealkylation sites (N-methyl/N-ethyl adjacent to an activating group) is 1. The van der Waals surface area contributed by atoms with Crippen LogP contribution in [-0.2, 0) is 6.42 Å². The van der Waals surface area contributed by atoms with E-state index in [9.17, 15) is 4.79 Å². The molecule has 0 aliphatic rings. The first-order valence-corrected chi connectivity index (χ1v) is 8.94. The second-order valence-corrected chi connectivity index (χ2v) is 7.39. The van der Waals surface area contributed by atoms with Crippen molar-refractivity contribution in [3.05, 3.63) is 46.2 Å². The molecule has 0 unspecified atom stereocenters. The summed E-state index contributed by atoms with van der Waals surface area (Å²) in [6, 6.07) is 7.48. The number of carbonyl (C=O) groups excluding carboxylic acids is 1. The number of carbonyl (C=O) groups is 1. The fourth-order valence-corrected chi connectivity index (χ4v) is 2.83. The molecule has 0 aliphatic heterocycles. The molecule has 0 spiro atoms. The van der Waals surface area contributed by atoms with Crippen molar-refractivity contribution < 1.29 is 4.79 Å². The smallest absolute Gasteiger partial charge is 0.255 e. The SMILES string of the molecule is Cc1c(C(=O)NCCN(C)C)c(CC(C)C)nn1-c1ccc(Cl)cc1. The molecule has 1 heterocycles. The average molecular weight is 363 g/mol. The van der Waals surface area contributed by atoms with Crippen molar-refractivity contribution >= 4 is 17.5 Å². The van der Waals surface area contributed by atoms with Crippen molar-refractivity contribution in [3.63, 3.8) is 0 Å². The predicted molar refractivity (Wildman–Crippen MR) is 103 cm³/mol. The number of nitrogens with one attached hydrogen (secondary N) is 1. The first kappa shape index (κ1) is 19.5. The standard InChI is InChI=1S/C19H27ClN4O/c1-13(2)12-17-18(19(25)21-10-11-23(4)5)14(3)24(22-17)16-8-6-15(20)7-9-16/h6-9,13H,10-12H2,1-5H3,(H,21,25). The quantitative estimate of drug-likeness (QED) is 0.822. The van der Waals surface area contributed by atoms with E-state index in [1.165, 1.54) is 0 Å². The summed E-state index contributed by atoms with van der Waals surface area (Å²) < 4.78 is 1.83. The lowest BCUT2D eigenvalue weighted by Crippen LogP contribution is -2.32. The van der Waals surface area contributed by atoms with Crippen LogP contribution >= 0.6 is 11.6 Å². The summed E-state index contributed by atoms with van der Waals surface area (Å²) in [6.45, 7) is 7.61. The van der Waals surface area contributed by atoms with Gasteiger partial charge in [0.1, 0.15) is 0 Å². The minimum atomic E-state index is -0.0600. The molecule has 25 heavy (non-hydrogen) atoms. The third kappa shape index (κ3) is 5.06. The topological polar surface area (TPSA) is 50.2 Å². The van der Waals surface area contributed by atoms with Crippen molar-refractivity contribution in [2.75, 3.05) is 27.2 Å². The highest BCUT2D eigenvalue weighted by Gasteiger charge is 2.22. The van der Waals surface area contributed by atoms with Crippen LogP contribution in [0.2, 0.25) is 5.02 Å². The summed E-state index contributed by atoms with van der Waals surface area (Å²) in [4.78, 5) is 14.8. The number of amides is 1. The van der Waals surface area contributed by atoms with E-state index in [2.05, 4.69) is 19.2 Å². The summed E-state index contributed by atoms with van der Waals surface area (Å²) in [6.07, 6.45) is 0.762. The minimum Gasteiger partial charge on any atom is -0.351 e. The third-order valence-corrected chi connectivity index (χ3v) is 4.19. The van der Waals surface area contributed by atoms with Gasteiger partial charge in [0.25, 0.3) is 5.91 Å². The van der Waals surface area contributed by atoms with Crippen LogP contribution < -0.4 is 5.32 Å². The molecule has 0 bridgehead atoms. The van der Waals surface area contributed by atoms with E-state index >= 15 is 0 Å². The molecule has 5 nitrogen and oxygen atoms in total. The lowest BCUT2D eigenvalue weighted by molar-refractivity contribution is 0.0949. The largest absolute Gasteiger partial charge is 0.351 e. The van der Waals surface area contributed by atoms with Gasteiger partial charge in [-0.3, -0.25) is 4.79 Å². The molecule has 1 amide bonds. The molecule has 2 aromatic rings. The van der Waals surface area contributed by atoms with E-state index in [1.807, 2.05) is 54.9 Å². The maximum absolute atomic E-state index is 12.7. The molecule has 1 aromatic heterocycles. The number of benzene rings is 1. The first-order valence-electron chi connectivity index (χ1n) is 8.57. The highest BCUT2D eigenvalue weighted by molar-refractivity contribution is 6.30. The van der Waals surface area contributed by atoms with Crippen molar-refractivity contribution in [3.8, 4) is 5.69 Å². The lowest BCUT2D eigenvalue weighted by Gasteiger charge is -2.11. The Bertz CT molecular complexity index is 720. The zero-order chi connectivity index (χ0) is 18.6. The van der Waals surface area contributed by atoms with Crippen LogP contribution in [0, 0.1) is 12.8 Å². The molecular weight excluding hydrogens is 336 g/mol.